The number of hydrogen-bond donors (Lipinski definition) is 2. The van der Waals surface area contributed by atoms with Crippen molar-refractivity contribution in [3.8, 4) is 0 Å². The summed E-state index contributed by atoms with van der Waals surface area (Å²) >= 11 is 7.70. The van der Waals surface area contributed by atoms with E-state index in [0.29, 0.717) is 17.2 Å². The second-order valence-electron chi connectivity index (χ2n) is 7.29. The molecule has 1 unspecified atom stereocenters. The molecule has 0 saturated carbocycles. The Labute approximate surface area is 182 Å². The normalized spacial score (nSPS) is 11.8. The molecule has 2 amide bonds. The van der Waals surface area contributed by atoms with E-state index in [2.05, 4.69) is 22.8 Å². The Morgan fingerprint density at radius 1 is 1.07 bits per heavy atom. The van der Waals surface area contributed by atoms with E-state index in [9.17, 15) is 9.59 Å². The zero-order valence-corrected chi connectivity index (χ0v) is 19.0. The van der Waals surface area contributed by atoms with E-state index in [1.54, 1.807) is 0 Å². The lowest BCUT2D eigenvalue weighted by atomic mass is 10.0. The zero-order valence-electron chi connectivity index (χ0n) is 17.5. The first-order chi connectivity index (χ1) is 13.8. The SMILES string of the molecule is Cc1cc(C)c(NC(=O)CCCSCC(=O)NC(C)c2ccccc2Cl)c(C)c1. The van der Waals surface area contributed by atoms with Gasteiger partial charge in [-0.2, -0.15) is 11.8 Å². The van der Waals surface area contributed by atoms with Gasteiger partial charge < -0.3 is 10.6 Å². The molecule has 0 aliphatic carbocycles. The van der Waals surface area contributed by atoms with Crippen molar-refractivity contribution in [3.63, 3.8) is 0 Å². The third-order valence-electron chi connectivity index (χ3n) is 4.62. The number of carbonyl (C=O) groups is 2. The highest BCUT2D eigenvalue weighted by molar-refractivity contribution is 7.99. The largest absolute Gasteiger partial charge is 0.349 e. The Morgan fingerprint density at radius 3 is 2.38 bits per heavy atom. The predicted molar refractivity (Wildman–Crippen MR) is 124 cm³/mol. The van der Waals surface area contributed by atoms with Crippen molar-refractivity contribution >= 4 is 40.9 Å². The molecule has 2 aromatic rings. The van der Waals surface area contributed by atoms with Crippen LogP contribution < -0.4 is 10.6 Å². The quantitative estimate of drug-likeness (QED) is 0.507. The molecule has 0 heterocycles. The molecule has 0 fully saturated rings. The number of rotatable bonds is 9. The molecule has 0 bridgehead atoms. The second kappa shape index (κ2) is 11.3. The van der Waals surface area contributed by atoms with Gasteiger partial charge >= 0.3 is 0 Å². The summed E-state index contributed by atoms with van der Waals surface area (Å²) in [6.07, 6.45) is 1.17. The molecular formula is C23H29ClN2O2S. The van der Waals surface area contributed by atoms with E-state index >= 15 is 0 Å². The summed E-state index contributed by atoms with van der Waals surface area (Å²) in [7, 11) is 0. The summed E-state index contributed by atoms with van der Waals surface area (Å²) in [6, 6.07) is 11.5. The van der Waals surface area contributed by atoms with Gasteiger partial charge in [0.1, 0.15) is 0 Å². The Bertz CT molecular complexity index is 847. The van der Waals surface area contributed by atoms with Crippen LogP contribution in [0.3, 0.4) is 0 Å². The van der Waals surface area contributed by atoms with Crippen LogP contribution in [0.15, 0.2) is 36.4 Å². The number of amides is 2. The Balaban J connectivity index is 1.67. The van der Waals surface area contributed by atoms with Crippen molar-refractivity contribution in [1.82, 2.24) is 5.32 Å². The monoisotopic (exact) mass is 432 g/mol. The molecule has 0 aliphatic heterocycles. The number of benzene rings is 2. The van der Waals surface area contributed by atoms with Crippen LogP contribution >= 0.6 is 23.4 Å². The maximum absolute atomic E-state index is 12.2. The second-order valence-corrected chi connectivity index (χ2v) is 8.80. The van der Waals surface area contributed by atoms with E-state index in [0.717, 1.165) is 34.6 Å². The number of anilines is 1. The zero-order chi connectivity index (χ0) is 21.4. The Hall–Kier alpha value is -1.98. The summed E-state index contributed by atoms with van der Waals surface area (Å²) in [5, 5.41) is 6.63. The molecule has 4 nitrogen and oxygen atoms in total. The van der Waals surface area contributed by atoms with Gasteiger partial charge in [0, 0.05) is 17.1 Å². The first-order valence-corrected chi connectivity index (χ1v) is 11.3. The number of thioether (sulfide) groups is 1. The summed E-state index contributed by atoms with van der Waals surface area (Å²) in [6.45, 7) is 7.98. The van der Waals surface area contributed by atoms with E-state index in [1.165, 1.54) is 17.3 Å². The van der Waals surface area contributed by atoms with Crippen molar-refractivity contribution in [3.05, 3.63) is 63.7 Å². The van der Waals surface area contributed by atoms with Gasteiger partial charge in [-0.15, -0.1) is 0 Å². The molecule has 2 aromatic carbocycles. The van der Waals surface area contributed by atoms with E-state index in [4.69, 9.17) is 11.6 Å². The number of nitrogens with one attached hydrogen (secondary N) is 2. The fraction of sp³-hybridized carbons (Fsp3) is 0.391. The van der Waals surface area contributed by atoms with Gasteiger partial charge in [0.2, 0.25) is 11.8 Å². The maximum Gasteiger partial charge on any atom is 0.230 e. The lowest BCUT2D eigenvalue weighted by molar-refractivity contribution is -0.119. The molecule has 2 rings (SSSR count). The van der Waals surface area contributed by atoms with Crippen LogP contribution in [0, 0.1) is 20.8 Å². The van der Waals surface area contributed by atoms with Crippen molar-refractivity contribution < 1.29 is 9.59 Å². The Morgan fingerprint density at radius 2 is 1.72 bits per heavy atom. The minimum Gasteiger partial charge on any atom is -0.349 e. The van der Waals surface area contributed by atoms with Gasteiger partial charge in [0.05, 0.1) is 11.8 Å². The van der Waals surface area contributed by atoms with Crippen LogP contribution in [0.25, 0.3) is 0 Å². The highest BCUT2D eigenvalue weighted by Gasteiger charge is 2.12. The van der Waals surface area contributed by atoms with Crippen molar-refractivity contribution in [2.24, 2.45) is 0 Å². The number of carbonyl (C=O) groups excluding carboxylic acids is 2. The predicted octanol–water partition coefficient (Wildman–Crippen LogP) is 5.59. The van der Waals surface area contributed by atoms with Gasteiger partial charge in [-0.3, -0.25) is 9.59 Å². The molecule has 0 aliphatic rings. The molecule has 0 spiro atoms. The molecule has 29 heavy (non-hydrogen) atoms. The highest BCUT2D eigenvalue weighted by atomic mass is 35.5. The van der Waals surface area contributed by atoms with Crippen LogP contribution in [0.1, 0.15) is 48.1 Å². The van der Waals surface area contributed by atoms with Gasteiger partial charge in [-0.25, -0.2) is 0 Å². The van der Waals surface area contributed by atoms with Gasteiger partial charge in [-0.1, -0.05) is 47.5 Å². The lowest BCUT2D eigenvalue weighted by Gasteiger charge is -2.15. The van der Waals surface area contributed by atoms with Gasteiger partial charge in [0.25, 0.3) is 0 Å². The molecule has 2 N–H and O–H groups in total. The van der Waals surface area contributed by atoms with Gasteiger partial charge in [-0.05, 0) is 62.6 Å². The molecule has 0 saturated heterocycles. The maximum atomic E-state index is 12.2. The molecule has 6 heteroatoms. The summed E-state index contributed by atoms with van der Waals surface area (Å²) < 4.78 is 0. The molecule has 0 radical (unpaired) electrons. The van der Waals surface area contributed by atoms with Gasteiger partial charge in [0.15, 0.2) is 0 Å². The van der Waals surface area contributed by atoms with Crippen molar-refractivity contribution in [2.45, 2.75) is 46.6 Å². The standard InChI is InChI=1S/C23H29ClN2O2S/c1-15-12-16(2)23(17(3)13-15)26-21(27)10-7-11-29-14-22(28)25-18(4)19-8-5-6-9-20(19)24/h5-6,8-9,12-13,18H,7,10-11,14H2,1-4H3,(H,25,28)(H,26,27). The fourth-order valence-corrected chi connectivity index (χ4v) is 4.33. The third-order valence-corrected chi connectivity index (χ3v) is 6.00. The first kappa shape index (κ1) is 23.3. The van der Waals surface area contributed by atoms with Crippen molar-refractivity contribution in [1.29, 1.82) is 0 Å². The number of halogens is 1. The summed E-state index contributed by atoms with van der Waals surface area (Å²) in [5.41, 5.74) is 5.16. The average molecular weight is 433 g/mol. The van der Waals surface area contributed by atoms with Crippen LogP contribution in [-0.4, -0.2) is 23.3 Å². The van der Waals surface area contributed by atoms with E-state index in [-0.39, 0.29) is 17.9 Å². The van der Waals surface area contributed by atoms with Crippen LogP contribution in [-0.2, 0) is 9.59 Å². The molecule has 0 aromatic heterocycles. The van der Waals surface area contributed by atoms with E-state index < -0.39 is 0 Å². The lowest BCUT2D eigenvalue weighted by Crippen LogP contribution is -2.28. The fourth-order valence-electron chi connectivity index (χ4n) is 3.27. The topological polar surface area (TPSA) is 58.2 Å². The smallest absolute Gasteiger partial charge is 0.230 e. The molecular weight excluding hydrogens is 404 g/mol. The van der Waals surface area contributed by atoms with Crippen molar-refractivity contribution in [2.75, 3.05) is 16.8 Å². The minimum absolute atomic E-state index is 0.0115. The Kier molecular flexibility index (Phi) is 9.05. The minimum atomic E-state index is -0.136. The van der Waals surface area contributed by atoms with E-state index in [1.807, 2.05) is 52.0 Å². The molecule has 1 atom stereocenters. The van der Waals surface area contributed by atoms with Crippen LogP contribution in [0.2, 0.25) is 5.02 Å². The summed E-state index contributed by atoms with van der Waals surface area (Å²) in [5.74, 6) is 1.11. The van der Waals surface area contributed by atoms with Crippen LogP contribution in [0.4, 0.5) is 5.69 Å². The average Bonchev–Trinajstić information content (AvgIpc) is 2.64. The number of aryl methyl sites for hydroxylation is 3. The molecule has 156 valence electrons. The first-order valence-electron chi connectivity index (χ1n) is 9.77. The number of hydrogen-bond acceptors (Lipinski definition) is 3. The van der Waals surface area contributed by atoms with Crippen LogP contribution in [0.5, 0.6) is 0 Å². The third kappa shape index (κ3) is 7.41. The highest BCUT2D eigenvalue weighted by Crippen LogP contribution is 2.23. The summed E-state index contributed by atoms with van der Waals surface area (Å²) in [4.78, 5) is 24.3.